The van der Waals surface area contributed by atoms with E-state index in [2.05, 4.69) is 4.98 Å². The molecule has 0 spiro atoms. The molecule has 2 unspecified atom stereocenters. The molecule has 0 bridgehead atoms. The Kier molecular flexibility index (Phi) is 5.93. The van der Waals surface area contributed by atoms with E-state index in [4.69, 9.17) is 17.3 Å². The number of H-pyrrole nitrogens is 1. The van der Waals surface area contributed by atoms with Crippen molar-refractivity contribution in [2.24, 2.45) is 5.92 Å². The fourth-order valence-corrected chi connectivity index (χ4v) is 3.86. The number of anilines is 2. The van der Waals surface area contributed by atoms with Gasteiger partial charge in [0.05, 0.1) is 0 Å². The Balaban J connectivity index is 1.92. The van der Waals surface area contributed by atoms with Gasteiger partial charge >= 0.3 is 5.69 Å². The molecule has 1 aliphatic rings. The van der Waals surface area contributed by atoms with E-state index in [9.17, 15) is 14.4 Å². The molecule has 1 aromatic carbocycles. The summed E-state index contributed by atoms with van der Waals surface area (Å²) in [5.74, 6) is -0.367. The van der Waals surface area contributed by atoms with Crippen LogP contribution in [-0.4, -0.2) is 22.0 Å². The summed E-state index contributed by atoms with van der Waals surface area (Å²) in [6.45, 7) is 4.45. The van der Waals surface area contributed by atoms with Gasteiger partial charge in [-0.05, 0) is 37.3 Å². The third kappa shape index (κ3) is 3.71. The lowest BCUT2D eigenvalue weighted by Crippen LogP contribution is -2.41. The van der Waals surface area contributed by atoms with Crippen LogP contribution in [0.5, 0.6) is 0 Å². The van der Waals surface area contributed by atoms with Gasteiger partial charge in [-0.25, -0.2) is 4.79 Å². The summed E-state index contributed by atoms with van der Waals surface area (Å²) < 4.78 is 1.33. The van der Waals surface area contributed by atoms with Gasteiger partial charge in [-0.1, -0.05) is 43.1 Å². The maximum absolute atomic E-state index is 13.1. The maximum atomic E-state index is 13.1. The number of aromatic amines is 1. The first kappa shape index (κ1) is 20.2. The van der Waals surface area contributed by atoms with E-state index in [1.54, 1.807) is 13.0 Å². The van der Waals surface area contributed by atoms with Gasteiger partial charge in [-0.2, -0.15) is 0 Å². The largest absolute Gasteiger partial charge is 0.383 e. The lowest BCUT2D eigenvalue weighted by molar-refractivity contribution is -0.119. The third-order valence-corrected chi connectivity index (χ3v) is 5.56. The molecule has 8 heteroatoms. The van der Waals surface area contributed by atoms with Crippen LogP contribution in [0.4, 0.5) is 11.5 Å². The van der Waals surface area contributed by atoms with Crippen molar-refractivity contribution < 1.29 is 4.79 Å². The molecular weight excluding hydrogens is 380 g/mol. The van der Waals surface area contributed by atoms with Gasteiger partial charge in [0.15, 0.2) is 5.69 Å². The average Bonchev–Trinajstić information content (AvgIpc) is 3.45. The zero-order valence-electron chi connectivity index (χ0n) is 16.1. The summed E-state index contributed by atoms with van der Waals surface area (Å²) in [6, 6.07) is 7.47. The Morgan fingerprint density at radius 2 is 2.04 bits per heavy atom. The Morgan fingerprint density at radius 3 is 2.68 bits per heavy atom. The van der Waals surface area contributed by atoms with Gasteiger partial charge in [0.1, 0.15) is 5.82 Å². The van der Waals surface area contributed by atoms with Crippen molar-refractivity contribution in [3.63, 3.8) is 0 Å². The SMILES string of the molecule is CCCCn1c(N)c(N(CC)C(=O)C2CC2c2ccccc2Cl)c(=O)[nH]c1=O. The predicted molar refractivity (Wildman–Crippen MR) is 111 cm³/mol. The summed E-state index contributed by atoms with van der Waals surface area (Å²) in [7, 11) is 0. The van der Waals surface area contributed by atoms with E-state index in [1.165, 1.54) is 9.47 Å². The number of nitrogens with zero attached hydrogens (tertiary/aromatic N) is 2. The molecule has 1 saturated carbocycles. The molecule has 2 aromatic rings. The number of nitrogens with one attached hydrogen (secondary N) is 1. The molecule has 2 atom stereocenters. The highest BCUT2D eigenvalue weighted by atomic mass is 35.5. The van der Waals surface area contributed by atoms with Crippen molar-refractivity contribution in [3.05, 3.63) is 55.7 Å². The number of hydrogen-bond acceptors (Lipinski definition) is 4. The maximum Gasteiger partial charge on any atom is 0.330 e. The topological polar surface area (TPSA) is 101 Å². The molecule has 3 N–H and O–H groups in total. The van der Waals surface area contributed by atoms with Crippen LogP contribution in [-0.2, 0) is 11.3 Å². The van der Waals surface area contributed by atoms with E-state index in [0.29, 0.717) is 18.0 Å². The van der Waals surface area contributed by atoms with Crippen LogP contribution in [0.15, 0.2) is 33.9 Å². The molecule has 0 aliphatic heterocycles. The van der Waals surface area contributed by atoms with Crippen LogP contribution in [0, 0.1) is 5.92 Å². The standard InChI is InChI=1S/C20H25ClN4O3/c1-3-5-10-25-17(22)16(18(26)23-20(25)28)24(4-2)19(27)14-11-13(14)12-8-6-7-9-15(12)21/h6-9,13-14H,3-5,10-11,22H2,1-2H3,(H,23,26,28). The second-order valence-corrected chi connectivity index (χ2v) is 7.46. The second-order valence-electron chi connectivity index (χ2n) is 7.05. The van der Waals surface area contributed by atoms with Crippen molar-refractivity contribution in [2.75, 3.05) is 17.2 Å². The van der Waals surface area contributed by atoms with Gasteiger partial charge in [0.25, 0.3) is 5.56 Å². The van der Waals surface area contributed by atoms with Crippen LogP contribution in [0.3, 0.4) is 0 Å². The molecule has 150 valence electrons. The number of unbranched alkanes of at least 4 members (excludes halogenated alkanes) is 1. The van der Waals surface area contributed by atoms with E-state index in [-0.39, 0.29) is 35.8 Å². The average molecular weight is 405 g/mol. The number of rotatable bonds is 7. The lowest BCUT2D eigenvalue weighted by atomic mass is 10.1. The Bertz CT molecular complexity index is 998. The molecule has 1 amide bonds. The second kappa shape index (κ2) is 8.22. The zero-order valence-corrected chi connectivity index (χ0v) is 16.8. The number of carbonyl (C=O) groups is 1. The fraction of sp³-hybridized carbons (Fsp3) is 0.450. The minimum atomic E-state index is -0.639. The number of aromatic nitrogens is 2. The Hall–Kier alpha value is -2.54. The fourth-order valence-electron chi connectivity index (χ4n) is 3.59. The minimum Gasteiger partial charge on any atom is -0.383 e. The van der Waals surface area contributed by atoms with Gasteiger partial charge in [-0.3, -0.25) is 19.1 Å². The molecule has 7 nitrogen and oxygen atoms in total. The Morgan fingerprint density at radius 1 is 1.32 bits per heavy atom. The first-order valence-electron chi connectivity index (χ1n) is 9.59. The molecule has 1 fully saturated rings. The monoisotopic (exact) mass is 404 g/mol. The predicted octanol–water partition coefficient (Wildman–Crippen LogP) is 2.73. The number of benzene rings is 1. The number of nitrogen functional groups attached to an aromatic ring is 1. The van der Waals surface area contributed by atoms with Crippen molar-refractivity contribution in [3.8, 4) is 0 Å². The molecule has 0 radical (unpaired) electrons. The van der Waals surface area contributed by atoms with E-state index in [0.717, 1.165) is 18.4 Å². The quantitative estimate of drug-likeness (QED) is 0.740. The molecule has 1 aliphatic carbocycles. The summed E-state index contributed by atoms with van der Waals surface area (Å²) in [4.78, 5) is 41.4. The number of amides is 1. The summed E-state index contributed by atoms with van der Waals surface area (Å²) >= 11 is 6.26. The first-order valence-corrected chi connectivity index (χ1v) is 9.96. The molecule has 1 aromatic heterocycles. The van der Waals surface area contributed by atoms with Crippen LogP contribution >= 0.6 is 11.6 Å². The minimum absolute atomic E-state index is 0.0292. The summed E-state index contributed by atoms with van der Waals surface area (Å²) in [5.41, 5.74) is 5.96. The van der Waals surface area contributed by atoms with Crippen LogP contribution < -0.4 is 21.9 Å². The van der Waals surface area contributed by atoms with Gasteiger partial charge in [0, 0.05) is 24.0 Å². The van der Waals surface area contributed by atoms with Gasteiger partial charge < -0.3 is 10.6 Å². The van der Waals surface area contributed by atoms with E-state index < -0.39 is 11.2 Å². The molecule has 28 heavy (non-hydrogen) atoms. The van der Waals surface area contributed by atoms with E-state index in [1.807, 2.05) is 25.1 Å². The number of hydrogen-bond donors (Lipinski definition) is 2. The van der Waals surface area contributed by atoms with Crippen molar-refractivity contribution in [1.29, 1.82) is 0 Å². The van der Waals surface area contributed by atoms with Crippen LogP contribution in [0.25, 0.3) is 0 Å². The van der Waals surface area contributed by atoms with E-state index >= 15 is 0 Å². The summed E-state index contributed by atoms with van der Waals surface area (Å²) in [5, 5.41) is 0.635. The highest BCUT2D eigenvalue weighted by molar-refractivity contribution is 6.31. The third-order valence-electron chi connectivity index (χ3n) is 5.21. The van der Waals surface area contributed by atoms with Gasteiger partial charge in [0.2, 0.25) is 5.91 Å². The highest BCUT2D eigenvalue weighted by Crippen LogP contribution is 2.50. The molecular formula is C20H25ClN4O3. The molecule has 1 heterocycles. The molecule has 0 saturated heterocycles. The zero-order chi connectivity index (χ0) is 20.4. The van der Waals surface area contributed by atoms with Crippen molar-refractivity contribution in [1.82, 2.24) is 9.55 Å². The number of carbonyl (C=O) groups excluding carboxylic acids is 1. The lowest BCUT2D eigenvalue weighted by Gasteiger charge is -2.23. The van der Waals surface area contributed by atoms with Crippen LogP contribution in [0.1, 0.15) is 44.6 Å². The first-order chi connectivity index (χ1) is 13.4. The van der Waals surface area contributed by atoms with Crippen molar-refractivity contribution in [2.45, 2.75) is 45.6 Å². The van der Waals surface area contributed by atoms with Crippen molar-refractivity contribution >= 4 is 29.0 Å². The normalized spacial score (nSPS) is 18.1. The highest BCUT2D eigenvalue weighted by Gasteiger charge is 2.47. The van der Waals surface area contributed by atoms with Crippen LogP contribution in [0.2, 0.25) is 5.02 Å². The number of halogens is 1. The smallest absolute Gasteiger partial charge is 0.330 e. The number of nitrogens with two attached hydrogens (primary N) is 1. The summed E-state index contributed by atoms with van der Waals surface area (Å²) in [6.07, 6.45) is 2.29. The van der Waals surface area contributed by atoms with Gasteiger partial charge in [-0.15, -0.1) is 0 Å². The molecule has 3 rings (SSSR count). The Labute approximate surface area is 168 Å².